The van der Waals surface area contributed by atoms with Gasteiger partial charge in [0.05, 0.1) is 5.54 Å². The first-order valence-corrected chi connectivity index (χ1v) is 12.3. The topological polar surface area (TPSA) is 95.8 Å². The molecule has 4 aromatic rings. The minimum atomic E-state index is -0.526. The van der Waals surface area contributed by atoms with Gasteiger partial charge in [-0.2, -0.15) is 0 Å². The molecule has 2 aromatic heterocycles. The molecule has 1 unspecified atom stereocenters. The molecule has 0 fully saturated rings. The molecule has 1 aliphatic rings. The van der Waals surface area contributed by atoms with Gasteiger partial charge in [-0.3, -0.25) is 10.3 Å². The lowest BCUT2D eigenvalue weighted by atomic mass is 9.82. The molecule has 0 spiro atoms. The highest BCUT2D eigenvalue weighted by molar-refractivity contribution is 5.80. The number of hydrogen-bond donors (Lipinski definition) is 2. The molecule has 5 rings (SSSR count). The highest BCUT2D eigenvalue weighted by Crippen LogP contribution is 2.39. The maximum Gasteiger partial charge on any atom is 0.180 e. The molecule has 36 heavy (non-hydrogen) atoms. The molecule has 8 heteroatoms. The zero-order chi connectivity index (χ0) is 25.1. The van der Waals surface area contributed by atoms with Crippen LogP contribution in [0.5, 0.6) is 0 Å². The minimum Gasteiger partial charge on any atom is -0.327 e. The summed E-state index contributed by atoms with van der Waals surface area (Å²) in [6, 6.07) is 16.6. The number of tetrazole rings is 1. The van der Waals surface area contributed by atoms with E-state index in [0.29, 0.717) is 12.4 Å². The monoisotopic (exact) mass is 481 g/mol. The number of nitrogens with zero attached hydrogens (tertiary/aromatic N) is 6. The molecule has 0 saturated heterocycles. The van der Waals surface area contributed by atoms with Gasteiger partial charge in [0, 0.05) is 36.3 Å². The summed E-state index contributed by atoms with van der Waals surface area (Å²) in [6.45, 7) is 6.94. The molecule has 8 nitrogen and oxygen atoms in total. The van der Waals surface area contributed by atoms with Crippen molar-refractivity contribution in [3.8, 4) is 22.5 Å². The average Bonchev–Trinajstić information content (AvgIpc) is 3.58. The van der Waals surface area contributed by atoms with Gasteiger partial charge in [0.25, 0.3) is 0 Å². The summed E-state index contributed by atoms with van der Waals surface area (Å²) >= 11 is 0. The van der Waals surface area contributed by atoms with Crippen LogP contribution in [0.15, 0.2) is 78.8 Å². The van der Waals surface area contributed by atoms with Crippen LogP contribution < -0.4 is 0 Å². The molecule has 0 aliphatic carbocycles. The number of aromatic amines is 1. The smallest absolute Gasteiger partial charge is 0.180 e. The predicted octanol–water partition coefficient (Wildman–Crippen LogP) is 5.72. The van der Waals surface area contributed by atoms with Crippen LogP contribution in [-0.4, -0.2) is 46.0 Å². The van der Waals surface area contributed by atoms with E-state index in [1.165, 1.54) is 5.06 Å². The Morgan fingerprint density at radius 1 is 1.06 bits per heavy atom. The van der Waals surface area contributed by atoms with E-state index in [4.69, 9.17) is 4.98 Å². The fraction of sp³-hybridized carbons (Fsp3) is 0.286. The van der Waals surface area contributed by atoms with Gasteiger partial charge < -0.3 is 4.57 Å². The van der Waals surface area contributed by atoms with Crippen molar-refractivity contribution in [2.24, 2.45) is 0 Å². The molecule has 3 heterocycles. The summed E-state index contributed by atoms with van der Waals surface area (Å²) in [4.78, 5) is 4.72. The lowest BCUT2D eigenvalue weighted by Gasteiger charge is -2.41. The van der Waals surface area contributed by atoms with Gasteiger partial charge >= 0.3 is 0 Å². The lowest BCUT2D eigenvalue weighted by Crippen LogP contribution is -2.44. The van der Waals surface area contributed by atoms with Gasteiger partial charge in [0.2, 0.25) is 0 Å². The van der Waals surface area contributed by atoms with Crippen LogP contribution in [0, 0.1) is 0 Å². The number of hydroxylamine groups is 2. The third kappa shape index (κ3) is 4.47. The number of allylic oxidation sites excluding steroid dienone is 2. The first-order valence-electron chi connectivity index (χ1n) is 12.3. The Kier molecular flexibility index (Phi) is 6.52. The van der Waals surface area contributed by atoms with Gasteiger partial charge in [0.15, 0.2) is 5.82 Å². The highest BCUT2D eigenvalue weighted by Gasteiger charge is 2.38. The average molecular weight is 482 g/mol. The Labute approximate surface area is 211 Å². The van der Waals surface area contributed by atoms with Gasteiger partial charge in [0.1, 0.15) is 5.82 Å². The van der Waals surface area contributed by atoms with E-state index in [0.717, 1.165) is 58.5 Å². The van der Waals surface area contributed by atoms with Crippen molar-refractivity contribution < 1.29 is 5.21 Å². The second-order valence-electron chi connectivity index (χ2n) is 9.52. The maximum absolute atomic E-state index is 10.9. The van der Waals surface area contributed by atoms with Crippen LogP contribution in [-0.2, 0) is 6.54 Å². The van der Waals surface area contributed by atoms with Gasteiger partial charge in [-0.25, -0.2) is 10.1 Å². The number of benzene rings is 2. The van der Waals surface area contributed by atoms with E-state index in [9.17, 15) is 5.21 Å². The number of H-pyrrole nitrogens is 1. The van der Waals surface area contributed by atoms with Crippen LogP contribution in [0.3, 0.4) is 0 Å². The largest absolute Gasteiger partial charge is 0.327 e. The summed E-state index contributed by atoms with van der Waals surface area (Å²) in [6.07, 6.45) is 10.7. The zero-order valence-electron chi connectivity index (χ0n) is 20.9. The first-order chi connectivity index (χ1) is 17.5. The quantitative estimate of drug-likeness (QED) is 0.334. The van der Waals surface area contributed by atoms with Crippen LogP contribution in [0.4, 0.5) is 0 Å². The number of nitrogens with one attached hydrogen (secondary N) is 1. The molecular formula is C28H31N7O. The molecule has 1 atom stereocenters. The molecule has 0 radical (unpaired) electrons. The van der Waals surface area contributed by atoms with Gasteiger partial charge in [-0.05, 0) is 59.0 Å². The minimum absolute atomic E-state index is 0.526. The SMILES string of the molecule is CCCCC1(C)C(c2nccn2Cc2ccc(-c3ccccc3-c3nnn[nH]3)cc2)=CC(C)=CN1O. The third-order valence-corrected chi connectivity index (χ3v) is 6.90. The second kappa shape index (κ2) is 9.91. The molecule has 0 bridgehead atoms. The predicted molar refractivity (Wildman–Crippen MR) is 140 cm³/mol. The van der Waals surface area contributed by atoms with E-state index in [2.05, 4.69) is 75.4 Å². The summed E-state index contributed by atoms with van der Waals surface area (Å²) < 4.78 is 2.16. The summed E-state index contributed by atoms with van der Waals surface area (Å²) in [7, 11) is 0. The van der Waals surface area contributed by atoms with Gasteiger partial charge in [-0.15, -0.1) is 5.10 Å². The maximum atomic E-state index is 10.9. The van der Waals surface area contributed by atoms with Gasteiger partial charge in [-0.1, -0.05) is 68.3 Å². The Hall–Kier alpha value is -4.04. The van der Waals surface area contributed by atoms with E-state index < -0.39 is 5.54 Å². The molecule has 2 aromatic carbocycles. The van der Waals surface area contributed by atoms with Crippen molar-refractivity contribution in [3.63, 3.8) is 0 Å². The Bertz CT molecular complexity index is 1390. The molecule has 0 amide bonds. The van der Waals surface area contributed by atoms with Crippen molar-refractivity contribution in [2.45, 2.75) is 52.1 Å². The standard InChI is InChI=1S/C28H31N7O/c1-4-5-14-28(3)25(17-20(2)18-35(28)36)27-29-15-16-34(27)19-21-10-12-22(13-11-21)23-8-6-7-9-24(23)26-30-32-33-31-26/h6-13,15-18,36H,4-5,14,19H2,1-3H3,(H,30,31,32,33). The lowest BCUT2D eigenvalue weighted by molar-refractivity contribution is -0.106. The third-order valence-electron chi connectivity index (χ3n) is 6.90. The second-order valence-corrected chi connectivity index (χ2v) is 9.52. The Morgan fingerprint density at radius 2 is 1.83 bits per heavy atom. The van der Waals surface area contributed by atoms with Crippen LogP contribution >= 0.6 is 0 Å². The number of hydrogen-bond acceptors (Lipinski definition) is 6. The fourth-order valence-corrected chi connectivity index (χ4v) is 4.84. The number of unbranched alkanes of at least 4 members (excludes halogenated alkanes) is 1. The summed E-state index contributed by atoms with van der Waals surface area (Å²) in [5.41, 5.74) is 5.79. The van der Waals surface area contributed by atoms with E-state index >= 15 is 0 Å². The molecule has 0 saturated carbocycles. The van der Waals surface area contributed by atoms with Crippen LogP contribution in [0.25, 0.3) is 28.1 Å². The highest BCUT2D eigenvalue weighted by atomic mass is 16.5. The van der Waals surface area contributed by atoms with Crippen molar-refractivity contribution in [1.82, 2.24) is 35.2 Å². The summed E-state index contributed by atoms with van der Waals surface area (Å²) in [5, 5.41) is 26.6. The summed E-state index contributed by atoms with van der Waals surface area (Å²) in [5.74, 6) is 1.53. The van der Waals surface area contributed by atoms with E-state index in [1.807, 2.05) is 37.5 Å². The molecule has 184 valence electrons. The Morgan fingerprint density at radius 3 is 2.56 bits per heavy atom. The zero-order valence-corrected chi connectivity index (χ0v) is 20.9. The Balaban J connectivity index is 1.43. The number of aromatic nitrogens is 6. The van der Waals surface area contributed by atoms with Crippen molar-refractivity contribution in [1.29, 1.82) is 0 Å². The van der Waals surface area contributed by atoms with E-state index in [-0.39, 0.29) is 0 Å². The molecule has 1 aliphatic heterocycles. The van der Waals surface area contributed by atoms with Crippen molar-refractivity contribution in [2.75, 3.05) is 0 Å². The van der Waals surface area contributed by atoms with Crippen molar-refractivity contribution in [3.05, 3.63) is 90.2 Å². The first kappa shape index (κ1) is 23.7. The van der Waals surface area contributed by atoms with Crippen LogP contribution in [0.1, 0.15) is 51.4 Å². The number of rotatable bonds is 8. The molecular weight excluding hydrogens is 450 g/mol. The van der Waals surface area contributed by atoms with Crippen molar-refractivity contribution >= 4 is 5.57 Å². The van der Waals surface area contributed by atoms with E-state index in [1.54, 1.807) is 6.20 Å². The fourth-order valence-electron chi connectivity index (χ4n) is 4.84. The number of imidazole rings is 1. The normalized spacial score (nSPS) is 17.7. The van der Waals surface area contributed by atoms with Crippen LogP contribution in [0.2, 0.25) is 0 Å². The molecule has 2 N–H and O–H groups in total.